The van der Waals surface area contributed by atoms with Gasteiger partial charge in [-0.2, -0.15) is 0 Å². The Morgan fingerprint density at radius 2 is 2.25 bits per heavy atom. The second-order valence-electron chi connectivity index (χ2n) is 2.14. The van der Waals surface area contributed by atoms with E-state index in [4.69, 9.17) is 17.1 Å². The number of hydrogen-bond donors (Lipinski definition) is 0. The molecule has 62 valence electrons. The molecule has 0 amide bonds. The summed E-state index contributed by atoms with van der Waals surface area (Å²) in [5.74, 6) is 0.379. The van der Waals surface area contributed by atoms with Gasteiger partial charge in [0.15, 0.2) is 0 Å². The normalized spacial score (nSPS) is 9.08. The fourth-order valence-electron chi connectivity index (χ4n) is 0.796. The number of azide groups is 1. The van der Waals surface area contributed by atoms with Crippen molar-refractivity contribution in [1.29, 1.82) is 0 Å². The van der Waals surface area contributed by atoms with E-state index in [1.54, 1.807) is 6.07 Å². The van der Waals surface area contributed by atoms with Crippen molar-refractivity contribution < 1.29 is 0 Å². The predicted octanol–water partition coefficient (Wildman–Crippen LogP) is 2.63. The summed E-state index contributed by atoms with van der Waals surface area (Å²) < 4.78 is 0. The third-order valence-electron chi connectivity index (χ3n) is 1.30. The lowest BCUT2D eigenvalue weighted by atomic mass is 10.3. The van der Waals surface area contributed by atoms with Crippen molar-refractivity contribution in [3.63, 3.8) is 0 Å². The van der Waals surface area contributed by atoms with Crippen LogP contribution >= 0.6 is 11.6 Å². The van der Waals surface area contributed by atoms with Gasteiger partial charge in [-0.25, -0.2) is 0 Å². The Labute approximate surface area is 74.8 Å². The maximum atomic E-state index is 8.06. The van der Waals surface area contributed by atoms with Crippen molar-refractivity contribution >= 4 is 11.6 Å². The van der Waals surface area contributed by atoms with Crippen LogP contribution in [0.1, 0.15) is 11.4 Å². The zero-order valence-electron chi connectivity index (χ0n) is 6.31. The lowest BCUT2D eigenvalue weighted by Gasteiger charge is -1.96. The van der Waals surface area contributed by atoms with Gasteiger partial charge in [-0.05, 0) is 17.7 Å². The van der Waals surface area contributed by atoms with Crippen molar-refractivity contribution in [2.75, 3.05) is 0 Å². The van der Waals surface area contributed by atoms with Crippen LogP contribution in [-0.4, -0.2) is 4.98 Å². The maximum Gasteiger partial charge on any atom is 0.0684 e. The fourth-order valence-corrected chi connectivity index (χ4v) is 0.945. The molecule has 12 heavy (non-hydrogen) atoms. The molecule has 1 aromatic heterocycles. The van der Waals surface area contributed by atoms with Gasteiger partial charge in [0.05, 0.1) is 18.1 Å². The number of alkyl halides is 1. The third-order valence-corrected chi connectivity index (χ3v) is 1.57. The molecule has 1 heterocycles. The molecule has 0 unspecified atom stereocenters. The van der Waals surface area contributed by atoms with Crippen molar-refractivity contribution in [2.24, 2.45) is 5.11 Å². The fraction of sp³-hybridized carbons (Fsp3) is 0.286. The first-order chi connectivity index (χ1) is 5.86. The van der Waals surface area contributed by atoms with Crippen LogP contribution in [0.3, 0.4) is 0 Å². The van der Waals surface area contributed by atoms with Crippen LogP contribution in [0.15, 0.2) is 23.3 Å². The topological polar surface area (TPSA) is 61.7 Å². The number of pyridine rings is 1. The van der Waals surface area contributed by atoms with E-state index in [2.05, 4.69) is 15.0 Å². The molecule has 0 bridgehead atoms. The third kappa shape index (κ3) is 2.42. The van der Waals surface area contributed by atoms with Gasteiger partial charge in [0.2, 0.25) is 0 Å². The number of halogens is 1. The smallest absolute Gasteiger partial charge is 0.0684 e. The van der Waals surface area contributed by atoms with E-state index in [1.165, 1.54) is 0 Å². The van der Waals surface area contributed by atoms with Crippen LogP contribution in [-0.2, 0) is 12.4 Å². The molecule has 1 rings (SSSR count). The van der Waals surface area contributed by atoms with E-state index in [9.17, 15) is 0 Å². The minimum absolute atomic E-state index is 0.279. The molecule has 0 aliphatic rings. The van der Waals surface area contributed by atoms with E-state index in [0.29, 0.717) is 5.88 Å². The zero-order chi connectivity index (χ0) is 8.81. The number of hydrogen-bond acceptors (Lipinski definition) is 2. The highest BCUT2D eigenvalue weighted by Crippen LogP contribution is 2.03. The highest BCUT2D eigenvalue weighted by molar-refractivity contribution is 6.16. The molecule has 5 heteroatoms. The van der Waals surface area contributed by atoms with E-state index < -0.39 is 0 Å². The van der Waals surface area contributed by atoms with Crippen LogP contribution in [0.5, 0.6) is 0 Å². The Hall–Kier alpha value is -1.25. The molecule has 0 saturated heterocycles. The number of nitrogens with zero attached hydrogens (tertiary/aromatic N) is 4. The Morgan fingerprint density at radius 1 is 1.50 bits per heavy atom. The minimum atomic E-state index is 0.279. The van der Waals surface area contributed by atoms with Gasteiger partial charge in [0, 0.05) is 10.6 Å². The average molecular weight is 183 g/mol. The van der Waals surface area contributed by atoms with Gasteiger partial charge in [-0.1, -0.05) is 11.2 Å². The Bertz CT molecular complexity index is 306. The Kier molecular flexibility index (Phi) is 3.38. The molecule has 0 saturated carbocycles. The first-order valence-corrected chi connectivity index (χ1v) is 3.92. The van der Waals surface area contributed by atoms with Crippen molar-refractivity contribution in [3.8, 4) is 0 Å². The Morgan fingerprint density at radius 3 is 2.92 bits per heavy atom. The van der Waals surface area contributed by atoms with E-state index in [1.807, 2.05) is 12.1 Å². The van der Waals surface area contributed by atoms with Crippen LogP contribution in [0, 0.1) is 0 Å². The lowest BCUT2D eigenvalue weighted by Crippen LogP contribution is -1.90. The number of rotatable bonds is 3. The van der Waals surface area contributed by atoms with Gasteiger partial charge >= 0.3 is 0 Å². The van der Waals surface area contributed by atoms with E-state index in [0.717, 1.165) is 11.4 Å². The molecule has 0 aliphatic heterocycles. The summed E-state index contributed by atoms with van der Waals surface area (Å²) in [5, 5.41) is 3.39. The second-order valence-corrected chi connectivity index (χ2v) is 2.41. The second kappa shape index (κ2) is 4.59. The zero-order valence-corrected chi connectivity index (χ0v) is 7.07. The molecule has 0 radical (unpaired) electrons. The number of aromatic nitrogens is 1. The van der Waals surface area contributed by atoms with Crippen LogP contribution in [0.4, 0.5) is 0 Å². The van der Waals surface area contributed by atoms with Gasteiger partial charge < -0.3 is 0 Å². The summed E-state index contributed by atoms with van der Waals surface area (Å²) in [6.45, 7) is 0.279. The van der Waals surface area contributed by atoms with Crippen LogP contribution < -0.4 is 0 Å². The molecular weight excluding hydrogens is 176 g/mol. The largest absolute Gasteiger partial charge is 0.256 e. The van der Waals surface area contributed by atoms with Crippen molar-refractivity contribution in [3.05, 3.63) is 40.0 Å². The first kappa shape index (κ1) is 8.84. The Balaban J connectivity index is 2.78. The van der Waals surface area contributed by atoms with Gasteiger partial charge in [0.1, 0.15) is 0 Å². The monoisotopic (exact) mass is 182 g/mol. The molecule has 0 spiro atoms. The summed E-state index contributed by atoms with van der Waals surface area (Å²) >= 11 is 5.57. The van der Waals surface area contributed by atoms with E-state index in [-0.39, 0.29) is 6.54 Å². The van der Waals surface area contributed by atoms with Gasteiger partial charge in [-0.3, -0.25) is 4.98 Å². The summed E-state index contributed by atoms with van der Waals surface area (Å²) in [5.41, 5.74) is 9.59. The molecule has 0 atom stereocenters. The van der Waals surface area contributed by atoms with Crippen LogP contribution in [0.2, 0.25) is 0 Å². The summed E-state index contributed by atoms with van der Waals surface area (Å²) in [4.78, 5) is 6.77. The molecular formula is C7H7ClN4. The lowest BCUT2D eigenvalue weighted by molar-refractivity contribution is 0.952. The van der Waals surface area contributed by atoms with Crippen LogP contribution in [0.25, 0.3) is 10.4 Å². The first-order valence-electron chi connectivity index (χ1n) is 3.38. The summed E-state index contributed by atoms with van der Waals surface area (Å²) in [6.07, 6.45) is 0. The average Bonchev–Trinajstić information content (AvgIpc) is 2.15. The highest BCUT2D eigenvalue weighted by atomic mass is 35.5. The summed E-state index contributed by atoms with van der Waals surface area (Å²) in [6, 6.07) is 5.46. The molecule has 0 N–H and O–H groups in total. The molecule has 0 fully saturated rings. The highest BCUT2D eigenvalue weighted by Gasteiger charge is 1.94. The molecule has 0 aromatic carbocycles. The van der Waals surface area contributed by atoms with E-state index >= 15 is 0 Å². The quantitative estimate of drug-likeness (QED) is 0.307. The van der Waals surface area contributed by atoms with Gasteiger partial charge in [0.25, 0.3) is 0 Å². The standard InChI is InChI=1S/C7H7ClN4/c8-4-6-2-1-3-7(11-6)5-10-12-9/h1-3H,4-5H2. The van der Waals surface area contributed by atoms with Crippen molar-refractivity contribution in [1.82, 2.24) is 4.98 Å². The van der Waals surface area contributed by atoms with Gasteiger partial charge in [-0.15, -0.1) is 11.6 Å². The molecule has 0 aliphatic carbocycles. The minimum Gasteiger partial charge on any atom is -0.256 e. The summed E-state index contributed by atoms with van der Waals surface area (Å²) in [7, 11) is 0. The SMILES string of the molecule is [N-]=[N+]=NCc1cccc(CCl)n1. The van der Waals surface area contributed by atoms with Crippen molar-refractivity contribution in [2.45, 2.75) is 12.4 Å². The molecule has 1 aromatic rings. The molecule has 4 nitrogen and oxygen atoms in total. The maximum absolute atomic E-state index is 8.06. The predicted molar refractivity (Wildman–Crippen MR) is 46.6 cm³/mol.